The highest BCUT2D eigenvalue weighted by Gasteiger charge is 2.07. The summed E-state index contributed by atoms with van der Waals surface area (Å²) in [6.45, 7) is 1.93. The fraction of sp³-hybridized carbons (Fsp3) is 0.600. The second-order valence-electron chi connectivity index (χ2n) is 3.41. The average Bonchev–Trinajstić information content (AvgIpc) is 2.64. The number of nitrogens with zero attached hydrogens (tertiary/aromatic N) is 1. The van der Waals surface area contributed by atoms with Gasteiger partial charge in [-0.25, -0.2) is 0 Å². The molecule has 0 saturated carbocycles. The first-order valence-corrected chi connectivity index (χ1v) is 5.52. The highest BCUT2D eigenvalue weighted by Crippen LogP contribution is 2.18. The number of aliphatic hydroxyl groups is 1. The third-order valence-electron chi connectivity index (χ3n) is 1.83. The molecule has 0 aromatic carbocycles. The number of hydrogen-bond donors (Lipinski definition) is 1. The fourth-order valence-electron chi connectivity index (χ4n) is 1.01. The normalized spacial score (nSPS) is 12.5. The molecular formula is C10H18ClNO2S. The second-order valence-corrected chi connectivity index (χ2v) is 4.39. The van der Waals surface area contributed by atoms with Gasteiger partial charge in [-0.3, -0.25) is 0 Å². The van der Waals surface area contributed by atoms with Crippen molar-refractivity contribution in [3.63, 3.8) is 0 Å². The number of likely N-dealkylation sites (N-methyl/N-ethyl adjacent to an activating group) is 1. The van der Waals surface area contributed by atoms with Gasteiger partial charge in [-0.15, -0.1) is 23.7 Å². The summed E-state index contributed by atoms with van der Waals surface area (Å²) in [7, 11) is 4.00. The molecular weight excluding hydrogens is 234 g/mol. The standard InChI is InChI=1S/C10H17NO2S.ClH/c1-11(2)5-6-13-8-9(12)10-4-3-7-14-10;/h3-4,7,9,12H,5-6,8H2,1-2H3;1H. The van der Waals surface area contributed by atoms with Crippen LogP contribution < -0.4 is 0 Å². The first-order valence-electron chi connectivity index (χ1n) is 4.64. The minimum atomic E-state index is -0.475. The van der Waals surface area contributed by atoms with Crippen LogP contribution in [0.4, 0.5) is 0 Å². The number of halogens is 1. The number of aliphatic hydroxyl groups excluding tert-OH is 1. The van der Waals surface area contributed by atoms with Crippen molar-refractivity contribution in [3.8, 4) is 0 Å². The van der Waals surface area contributed by atoms with Crippen LogP contribution in [0.25, 0.3) is 0 Å². The van der Waals surface area contributed by atoms with Crippen molar-refractivity contribution < 1.29 is 9.84 Å². The van der Waals surface area contributed by atoms with Crippen LogP contribution in [-0.2, 0) is 4.74 Å². The number of hydrogen-bond acceptors (Lipinski definition) is 4. The van der Waals surface area contributed by atoms with Crippen LogP contribution in [0, 0.1) is 0 Å². The molecule has 88 valence electrons. The SMILES string of the molecule is CN(C)CCOCC(O)c1cccs1.Cl. The van der Waals surface area contributed by atoms with Crippen LogP contribution in [0.1, 0.15) is 11.0 Å². The van der Waals surface area contributed by atoms with Gasteiger partial charge in [0.2, 0.25) is 0 Å². The Bertz CT molecular complexity index is 242. The lowest BCUT2D eigenvalue weighted by Crippen LogP contribution is -2.19. The smallest absolute Gasteiger partial charge is 0.111 e. The van der Waals surface area contributed by atoms with E-state index < -0.39 is 6.10 Å². The molecule has 0 aliphatic rings. The van der Waals surface area contributed by atoms with E-state index in [1.165, 1.54) is 0 Å². The first-order chi connectivity index (χ1) is 6.70. The highest BCUT2D eigenvalue weighted by atomic mass is 35.5. The Morgan fingerprint density at radius 2 is 2.27 bits per heavy atom. The average molecular weight is 252 g/mol. The Labute approximate surface area is 101 Å². The van der Waals surface area contributed by atoms with Gasteiger partial charge in [-0.05, 0) is 25.5 Å². The van der Waals surface area contributed by atoms with Gasteiger partial charge in [0, 0.05) is 11.4 Å². The van der Waals surface area contributed by atoms with E-state index in [2.05, 4.69) is 4.90 Å². The molecule has 0 saturated heterocycles. The van der Waals surface area contributed by atoms with E-state index in [1.54, 1.807) is 11.3 Å². The van der Waals surface area contributed by atoms with Crippen LogP contribution in [0.5, 0.6) is 0 Å². The van der Waals surface area contributed by atoms with Crippen LogP contribution in [0.2, 0.25) is 0 Å². The molecule has 0 aliphatic heterocycles. The quantitative estimate of drug-likeness (QED) is 0.783. The summed E-state index contributed by atoms with van der Waals surface area (Å²) in [5, 5.41) is 11.6. The summed E-state index contributed by atoms with van der Waals surface area (Å²) in [6, 6.07) is 3.85. The maximum Gasteiger partial charge on any atom is 0.111 e. The van der Waals surface area contributed by atoms with Crippen LogP contribution >= 0.6 is 23.7 Å². The molecule has 0 amide bonds. The van der Waals surface area contributed by atoms with Gasteiger partial charge in [-0.1, -0.05) is 6.07 Å². The van der Waals surface area contributed by atoms with Crippen LogP contribution in [0.15, 0.2) is 17.5 Å². The molecule has 1 aromatic heterocycles. The van der Waals surface area contributed by atoms with Crippen molar-refractivity contribution in [2.75, 3.05) is 33.9 Å². The summed E-state index contributed by atoms with van der Waals surface area (Å²) < 4.78 is 5.35. The van der Waals surface area contributed by atoms with Crippen molar-refractivity contribution in [2.45, 2.75) is 6.10 Å². The monoisotopic (exact) mass is 251 g/mol. The number of rotatable bonds is 6. The van der Waals surface area contributed by atoms with Gasteiger partial charge in [-0.2, -0.15) is 0 Å². The molecule has 1 heterocycles. The molecule has 1 rings (SSSR count). The molecule has 0 bridgehead atoms. The maximum absolute atomic E-state index is 9.65. The molecule has 0 spiro atoms. The zero-order valence-electron chi connectivity index (χ0n) is 9.05. The van der Waals surface area contributed by atoms with Crippen molar-refractivity contribution in [1.29, 1.82) is 0 Å². The Morgan fingerprint density at radius 1 is 1.53 bits per heavy atom. The third-order valence-corrected chi connectivity index (χ3v) is 2.80. The predicted octanol–water partition coefficient (Wildman–Crippen LogP) is 1.78. The lowest BCUT2D eigenvalue weighted by molar-refractivity contribution is 0.0323. The molecule has 1 unspecified atom stereocenters. The second kappa shape index (κ2) is 8.07. The van der Waals surface area contributed by atoms with E-state index in [0.29, 0.717) is 13.2 Å². The molecule has 1 N–H and O–H groups in total. The van der Waals surface area contributed by atoms with Crippen LogP contribution in [-0.4, -0.2) is 43.9 Å². The third kappa shape index (κ3) is 6.12. The molecule has 1 aromatic rings. The van der Waals surface area contributed by atoms with Gasteiger partial charge in [0.15, 0.2) is 0 Å². The van der Waals surface area contributed by atoms with Gasteiger partial charge >= 0.3 is 0 Å². The minimum absolute atomic E-state index is 0. The van der Waals surface area contributed by atoms with Gasteiger partial charge in [0.05, 0.1) is 13.2 Å². The summed E-state index contributed by atoms with van der Waals surface area (Å²) in [6.07, 6.45) is -0.475. The van der Waals surface area contributed by atoms with E-state index >= 15 is 0 Å². The van der Waals surface area contributed by atoms with E-state index in [0.717, 1.165) is 11.4 Å². The Kier molecular flexibility index (Phi) is 8.00. The highest BCUT2D eigenvalue weighted by molar-refractivity contribution is 7.10. The molecule has 3 nitrogen and oxygen atoms in total. The lowest BCUT2D eigenvalue weighted by atomic mass is 10.3. The van der Waals surface area contributed by atoms with Gasteiger partial charge < -0.3 is 14.7 Å². The zero-order chi connectivity index (χ0) is 10.4. The minimum Gasteiger partial charge on any atom is -0.385 e. The summed E-state index contributed by atoms with van der Waals surface area (Å²) in [4.78, 5) is 3.02. The van der Waals surface area contributed by atoms with E-state index in [-0.39, 0.29) is 12.4 Å². The summed E-state index contributed by atoms with van der Waals surface area (Å²) >= 11 is 1.55. The molecule has 0 fully saturated rings. The molecule has 5 heteroatoms. The molecule has 0 aliphatic carbocycles. The Hall–Kier alpha value is -0.130. The van der Waals surface area contributed by atoms with Crippen molar-refractivity contribution in [2.24, 2.45) is 0 Å². The molecule has 1 atom stereocenters. The summed E-state index contributed by atoms with van der Waals surface area (Å²) in [5.41, 5.74) is 0. The largest absolute Gasteiger partial charge is 0.385 e. The summed E-state index contributed by atoms with van der Waals surface area (Å²) in [5.74, 6) is 0. The zero-order valence-corrected chi connectivity index (χ0v) is 10.7. The van der Waals surface area contributed by atoms with Gasteiger partial charge in [0.1, 0.15) is 6.10 Å². The molecule has 0 radical (unpaired) electrons. The topological polar surface area (TPSA) is 32.7 Å². The van der Waals surface area contributed by atoms with Crippen molar-refractivity contribution in [3.05, 3.63) is 22.4 Å². The fourth-order valence-corrected chi connectivity index (χ4v) is 1.70. The maximum atomic E-state index is 9.65. The predicted molar refractivity (Wildman–Crippen MR) is 65.9 cm³/mol. The van der Waals surface area contributed by atoms with Crippen molar-refractivity contribution >= 4 is 23.7 Å². The Balaban J connectivity index is 0.00000196. The lowest BCUT2D eigenvalue weighted by Gasteiger charge is -2.12. The number of thiophene rings is 1. The van der Waals surface area contributed by atoms with Gasteiger partial charge in [0.25, 0.3) is 0 Å². The Morgan fingerprint density at radius 3 is 2.80 bits per heavy atom. The van der Waals surface area contributed by atoms with E-state index in [4.69, 9.17) is 4.74 Å². The van der Waals surface area contributed by atoms with E-state index in [9.17, 15) is 5.11 Å². The van der Waals surface area contributed by atoms with Crippen LogP contribution in [0.3, 0.4) is 0 Å². The van der Waals surface area contributed by atoms with E-state index in [1.807, 2.05) is 31.6 Å². The molecule has 15 heavy (non-hydrogen) atoms. The first kappa shape index (κ1) is 14.9. The van der Waals surface area contributed by atoms with Crippen molar-refractivity contribution in [1.82, 2.24) is 4.90 Å². The number of ether oxygens (including phenoxy) is 1.